The zero-order chi connectivity index (χ0) is 14.1. The monoisotopic (exact) mass is 268 g/mol. The second-order valence-electron chi connectivity index (χ2n) is 4.20. The van der Waals surface area contributed by atoms with Gasteiger partial charge in [0, 0.05) is 12.1 Å². The van der Waals surface area contributed by atoms with Crippen molar-refractivity contribution >= 4 is 6.03 Å². The van der Waals surface area contributed by atoms with Crippen molar-refractivity contribution in [1.29, 1.82) is 0 Å². The fraction of sp³-hybridized carbons (Fsp3) is 0.500. The minimum absolute atomic E-state index is 0.0204. The molecule has 0 radical (unpaired) electrons. The van der Waals surface area contributed by atoms with Crippen LogP contribution in [0.3, 0.4) is 0 Å². The molecule has 1 aromatic rings. The largest absolute Gasteiger partial charge is 0.493 e. The van der Waals surface area contributed by atoms with E-state index in [1.54, 1.807) is 0 Å². The first-order chi connectivity index (χ1) is 9.19. The number of carbonyl (C=O) groups is 1. The Balaban J connectivity index is 2.64. The quantitative estimate of drug-likeness (QED) is 0.799. The number of amides is 2. The lowest BCUT2D eigenvalue weighted by molar-refractivity contribution is 0.236. The zero-order valence-electron chi connectivity index (χ0n) is 11.4. The molecule has 0 aliphatic rings. The summed E-state index contributed by atoms with van der Waals surface area (Å²) in [5, 5.41) is 5.18. The van der Waals surface area contributed by atoms with Gasteiger partial charge in [0.2, 0.25) is 0 Å². The number of alkyl halides is 1. The van der Waals surface area contributed by atoms with Gasteiger partial charge < -0.3 is 15.4 Å². The zero-order valence-corrected chi connectivity index (χ0v) is 11.4. The third-order valence-corrected chi connectivity index (χ3v) is 2.57. The highest BCUT2D eigenvalue weighted by atomic mass is 19.1. The van der Waals surface area contributed by atoms with Crippen molar-refractivity contribution in [2.75, 3.05) is 19.8 Å². The minimum atomic E-state index is -0.571. The van der Waals surface area contributed by atoms with Crippen LogP contribution in [-0.2, 0) is 0 Å². The van der Waals surface area contributed by atoms with E-state index in [9.17, 15) is 9.18 Å². The number of urea groups is 1. The third kappa shape index (κ3) is 5.16. The Morgan fingerprint density at radius 3 is 2.84 bits per heavy atom. The molecule has 0 heterocycles. The molecular formula is C14H21FN2O2. The number of ether oxygens (including phenoxy) is 1. The third-order valence-electron chi connectivity index (χ3n) is 2.57. The molecule has 0 spiro atoms. The number of hydrogen-bond acceptors (Lipinski definition) is 2. The summed E-state index contributed by atoms with van der Waals surface area (Å²) < 4.78 is 17.6. The predicted octanol–water partition coefficient (Wildman–Crippen LogP) is 2.81. The molecule has 0 aromatic heterocycles. The molecule has 5 heteroatoms. The Morgan fingerprint density at radius 1 is 1.42 bits per heavy atom. The van der Waals surface area contributed by atoms with Gasteiger partial charge in [-0.2, -0.15) is 0 Å². The molecule has 1 rings (SSSR count). The summed E-state index contributed by atoms with van der Waals surface area (Å²) in [6, 6.07) is 6.99. The second kappa shape index (κ2) is 8.34. The van der Waals surface area contributed by atoms with Crippen LogP contribution >= 0.6 is 0 Å². The van der Waals surface area contributed by atoms with E-state index in [-0.39, 0.29) is 18.6 Å². The smallest absolute Gasteiger partial charge is 0.315 e. The number of hydrogen-bond donors (Lipinski definition) is 2. The molecule has 0 aliphatic carbocycles. The molecule has 4 nitrogen and oxygen atoms in total. The lowest BCUT2D eigenvalue weighted by atomic mass is 10.1. The highest BCUT2D eigenvalue weighted by Crippen LogP contribution is 2.24. The van der Waals surface area contributed by atoms with Crippen molar-refractivity contribution in [1.82, 2.24) is 10.6 Å². The predicted molar refractivity (Wildman–Crippen MR) is 73.2 cm³/mol. The Morgan fingerprint density at radius 2 is 2.16 bits per heavy atom. The molecule has 1 atom stereocenters. The molecule has 0 unspecified atom stereocenters. The van der Waals surface area contributed by atoms with E-state index in [1.165, 1.54) is 0 Å². The number of halogens is 1. The lowest BCUT2D eigenvalue weighted by Crippen LogP contribution is -2.38. The van der Waals surface area contributed by atoms with Crippen molar-refractivity contribution in [2.24, 2.45) is 0 Å². The molecule has 0 bridgehead atoms. The van der Waals surface area contributed by atoms with Crippen LogP contribution in [0.2, 0.25) is 0 Å². The van der Waals surface area contributed by atoms with Gasteiger partial charge >= 0.3 is 6.03 Å². The van der Waals surface area contributed by atoms with Crippen LogP contribution in [0.1, 0.15) is 31.9 Å². The summed E-state index contributed by atoms with van der Waals surface area (Å²) in [6.07, 6.45) is 0.924. The molecule has 0 aliphatic heterocycles. The summed E-state index contributed by atoms with van der Waals surface area (Å²) >= 11 is 0. The fourth-order valence-electron chi connectivity index (χ4n) is 1.67. The lowest BCUT2D eigenvalue weighted by Gasteiger charge is -2.18. The van der Waals surface area contributed by atoms with Crippen molar-refractivity contribution in [3.63, 3.8) is 0 Å². The number of para-hydroxylation sites is 1. The number of carbonyl (C=O) groups excluding carboxylic acids is 1. The Bertz CT molecular complexity index is 399. The van der Waals surface area contributed by atoms with Crippen LogP contribution in [0.15, 0.2) is 24.3 Å². The Labute approximate surface area is 113 Å². The van der Waals surface area contributed by atoms with E-state index < -0.39 is 6.67 Å². The van der Waals surface area contributed by atoms with E-state index in [0.717, 1.165) is 17.7 Å². The molecular weight excluding hydrogens is 247 g/mol. The summed E-state index contributed by atoms with van der Waals surface area (Å²) in [6.45, 7) is 3.99. The Hall–Kier alpha value is -1.78. The average Bonchev–Trinajstić information content (AvgIpc) is 2.43. The van der Waals surface area contributed by atoms with Crippen molar-refractivity contribution in [3.05, 3.63) is 29.8 Å². The molecule has 2 amide bonds. The van der Waals surface area contributed by atoms with Gasteiger partial charge in [0.1, 0.15) is 12.4 Å². The Kier molecular flexibility index (Phi) is 6.71. The standard InChI is InChI=1S/C14H21FN2O2/c1-3-10-19-13-7-5-4-6-12(13)11(2)17-14(18)16-9-8-15/h4-7,11H,3,8-10H2,1-2H3,(H2,16,17,18)/t11-/m0/s1. The number of benzene rings is 1. The number of nitrogens with one attached hydrogen (secondary N) is 2. The SMILES string of the molecule is CCCOc1ccccc1[C@H](C)NC(=O)NCCF. The van der Waals surface area contributed by atoms with Crippen molar-refractivity contribution < 1.29 is 13.9 Å². The topological polar surface area (TPSA) is 50.4 Å². The van der Waals surface area contributed by atoms with E-state index in [2.05, 4.69) is 10.6 Å². The van der Waals surface area contributed by atoms with Gasteiger partial charge in [-0.3, -0.25) is 0 Å². The molecule has 0 fully saturated rings. The summed E-state index contributed by atoms with van der Waals surface area (Å²) in [5.74, 6) is 0.766. The van der Waals surface area contributed by atoms with Gasteiger partial charge in [0.25, 0.3) is 0 Å². The highest BCUT2D eigenvalue weighted by molar-refractivity contribution is 5.74. The van der Waals surface area contributed by atoms with Crippen molar-refractivity contribution in [2.45, 2.75) is 26.3 Å². The average molecular weight is 268 g/mol. The van der Waals surface area contributed by atoms with Gasteiger partial charge in [-0.1, -0.05) is 25.1 Å². The van der Waals surface area contributed by atoms with Crippen molar-refractivity contribution in [3.8, 4) is 5.75 Å². The second-order valence-corrected chi connectivity index (χ2v) is 4.20. The first-order valence-corrected chi connectivity index (χ1v) is 6.51. The van der Waals surface area contributed by atoms with Crippen LogP contribution in [0, 0.1) is 0 Å². The van der Waals surface area contributed by atoms with Gasteiger partial charge in [0.15, 0.2) is 0 Å². The van der Waals surface area contributed by atoms with Crippen LogP contribution in [-0.4, -0.2) is 25.9 Å². The van der Waals surface area contributed by atoms with Crippen LogP contribution in [0.25, 0.3) is 0 Å². The first kappa shape index (κ1) is 15.3. The van der Waals surface area contributed by atoms with Crippen LogP contribution in [0.4, 0.5) is 9.18 Å². The van der Waals surface area contributed by atoms with E-state index in [4.69, 9.17) is 4.74 Å². The van der Waals surface area contributed by atoms with Gasteiger partial charge in [-0.05, 0) is 19.4 Å². The van der Waals surface area contributed by atoms with Crippen LogP contribution in [0.5, 0.6) is 5.75 Å². The summed E-state index contributed by atoms with van der Waals surface area (Å²) in [7, 11) is 0. The summed E-state index contributed by atoms with van der Waals surface area (Å²) in [5.41, 5.74) is 0.909. The van der Waals surface area contributed by atoms with E-state index >= 15 is 0 Å². The molecule has 19 heavy (non-hydrogen) atoms. The highest BCUT2D eigenvalue weighted by Gasteiger charge is 2.13. The van der Waals surface area contributed by atoms with Crippen LogP contribution < -0.4 is 15.4 Å². The molecule has 106 valence electrons. The molecule has 2 N–H and O–H groups in total. The maximum absolute atomic E-state index is 12.0. The van der Waals surface area contributed by atoms with E-state index in [0.29, 0.717) is 6.61 Å². The van der Waals surface area contributed by atoms with Gasteiger partial charge in [0.05, 0.1) is 12.6 Å². The summed E-state index contributed by atoms with van der Waals surface area (Å²) in [4.78, 5) is 11.5. The minimum Gasteiger partial charge on any atom is -0.493 e. The maximum atomic E-state index is 12.0. The number of rotatable bonds is 7. The first-order valence-electron chi connectivity index (χ1n) is 6.51. The normalized spacial score (nSPS) is 11.7. The molecule has 0 saturated heterocycles. The van der Waals surface area contributed by atoms with Gasteiger partial charge in [-0.15, -0.1) is 0 Å². The fourth-order valence-corrected chi connectivity index (χ4v) is 1.67. The molecule has 0 saturated carbocycles. The van der Waals surface area contributed by atoms with Gasteiger partial charge in [-0.25, -0.2) is 9.18 Å². The molecule has 1 aromatic carbocycles. The maximum Gasteiger partial charge on any atom is 0.315 e. The van der Waals surface area contributed by atoms with E-state index in [1.807, 2.05) is 38.1 Å².